The number of hydrogen-bond acceptors (Lipinski definition) is 4. The van der Waals surface area contributed by atoms with E-state index < -0.39 is 0 Å². The summed E-state index contributed by atoms with van der Waals surface area (Å²) in [6.45, 7) is 2.85. The Morgan fingerprint density at radius 3 is 2.67 bits per heavy atom. The predicted molar refractivity (Wildman–Crippen MR) is 70.2 cm³/mol. The second-order valence-electron chi connectivity index (χ2n) is 4.54. The molecule has 0 amide bonds. The highest BCUT2D eigenvalue weighted by molar-refractivity contribution is 5.31. The fourth-order valence-electron chi connectivity index (χ4n) is 2.35. The number of ether oxygens (including phenoxy) is 2. The summed E-state index contributed by atoms with van der Waals surface area (Å²) in [5.74, 6) is 1.69. The van der Waals surface area contributed by atoms with Crippen LogP contribution >= 0.6 is 0 Å². The van der Waals surface area contributed by atoms with Crippen molar-refractivity contribution in [2.45, 2.75) is 18.9 Å². The molecule has 1 aromatic carbocycles. The van der Waals surface area contributed by atoms with Gasteiger partial charge in [0.25, 0.3) is 0 Å². The van der Waals surface area contributed by atoms with Gasteiger partial charge in [0.05, 0.1) is 13.7 Å². The molecule has 4 heteroatoms. The number of aliphatic hydroxyl groups excluding tert-OH is 1. The number of aliphatic hydroxyl groups is 1. The van der Waals surface area contributed by atoms with Gasteiger partial charge in [-0.2, -0.15) is 0 Å². The molecule has 18 heavy (non-hydrogen) atoms. The minimum atomic E-state index is 0.253. The van der Waals surface area contributed by atoms with E-state index in [2.05, 4.69) is 4.90 Å². The topological polar surface area (TPSA) is 41.9 Å². The van der Waals surface area contributed by atoms with Gasteiger partial charge in [-0.3, -0.25) is 4.90 Å². The molecule has 1 heterocycles. The molecule has 1 N–H and O–H groups in total. The Hall–Kier alpha value is -1.26. The van der Waals surface area contributed by atoms with Crippen LogP contribution in [-0.4, -0.2) is 49.5 Å². The monoisotopic (exact) mass is 251 g/mol. The molecule has 100 valence electrons. The molecule has 4 nitrogen and oxygen atoms in total. The second kappa shape index (κ2) is 6.61. The van der Waals surface area contributed by atoms with E-state index in [1.807, 2.05) is 24.3 Å². The maximum Gasteiger partial charge on any atom is 0.119 e. The third-order valence-corrected chi connectivity index (χ3v) is 3.42. The van der Waals surface area contributed by atoms with Crippen LogP contribution in [0.3, 0.4) is 0 Å². The van der Waals surface area contributed by atoms with Gasteiger partial charge in [-0.1, -0.05) is 0 Å². The molecule has 0 radical (unpaired) electrons. The van der Waals surface area contributed by atoms with Gasteiger partial charge in [0.2, 0.25) is 0 Å². The van der Waals surface area contributed by atoms with Crippen molar-refractivity contribution in [3.8, 4) is 11.5 Å². The van der Waals surface area contributed by atoms with E-state index in [4.69, 9.17) is 9.47 Å². The van der Waals surface area contributed by atoms with Gasteiger partial charge in [-0.15, -0.1) is 0 Å². The maximum atomic E-state index is 9.21. The van der Waals surface area contributed by atoms with Crippen molar-refractivity contribution in [3.05, 3.63) is 24.3 Å². The number of nitrogens with zero attached hydrogens (tertiary/aromatic N) is 1. The van der Waals surface area contributed by atoms with Gasteiger partial charge in [-0.05, 0) is 43.7 Å². The first-order chi connectivity index (χ1) is 8.83. The molecule has 1 atom stereocenters. The van der Waals surface area contributed by atoms with Crippen molar-refractivity contribution < 1.29 is 14.6 Å². The molecular formula is C14H21NO3. The highest BCUT2D eigenvalue weighted by Crippen LogP contribution is 2.18. The lowest BCUT2D eigenvalue weighted by Crippen LogP contribution is -2.35. The van der Waals surface area contributed by atoms with E-state index in [1.54, 1.807) is 7.11 Å². The summed E-state index contributed by atoms with van der Waals surface area (Å²) in [5.41, 5.74) is 0. The molecule has 1 aliphatic rings. The normalized spacial score (nSPS) is 20.0. The van der Waals surface area contributed by atoms with Gasteiger partial charge < -0.3 is 14.6 Å². The first kappa shape index (κ1) is 13.2. The Bertz CT molecular complexity index is 353. The van der Waals surface area contributed by atoms with Crippen molar-refractivity contribution in [1.82, 2.24) is 4.90 Å². The van der Waals surface area contributed by atoms with Crippen molar-refractivity contribution >= 4 is 0 Å². The van der Waals surface area contributed by atoms with E-state index in [0.717, 1.165) is 31.0 Å². The van der Waals surface area contributed by atoms with Crippen LogP contribution < -0.4 is 9.47 Å². The van der Waals surface area contributed by atoms with Crippen LogP contribution in [0.4, 0.5) is 0 Å². The molecule has 1 saturated heterocycles. The Morgan fingerprint density at radius 2 is 2.00 bits per heavy atom. The van der Waals surface area contributed by atoms with Crippen molar-refractivity contribution in [1.29, 1.82) is 0 Å². The van der Waals surface area contributed by atoms with Crippen molar-refractivity contribution in [2.75, 3.05) is 33.4 Å². The van der Waals surface area contributed by atoms with Crippen LogP contribution in [0.25, 0.3) is 0 Å². The number of hydrogen-bond donors (Lipinski definition) is 1. The van der Waals surface area contributed by atoms with E-state index in [9.17, 15) is 5.11 Å². The average molecular weight is 251 g/mol. The van der Waals surface area contributed by atoms with Crippen LogP contribution in [0, 0.1) is 0 Å². The Balaban J connectivity index is 1.74. The first-order valence-electron chi connectivity index (χ1n) is 6.45. The number of rotatable bonds is 6. The summed E-state index contributed by atoms with van der Waals surface area (Å²) in [6.07, 6.45) is 2.27. The predicted octanol–water partition coefficient (Wildman–Crippen LogP) is 1.53. The smallest absolute Gasteiger partial charge is 0.119 e. The SMILES string of the molecule is COc1ccc(OCCN2CCC[C@@H]2CO)cc1. The highest BCUT2D eigenvalue weighted by atomic mass is 16.5. The summed E-state index contributed by atoms with van der Waals surface area (Å²) in [5, 5.41) is 9.21. The molecular weight excluding hydrogens is 230 g/mol. The van der Waals surface area contributed by atoms with Crippen molar-refractivity contribution in [3.63, 3.8) is 0 Å². The number of likely N-dealkylation sites (tertiary alicyclic amines) is 1. The molecule has 0 saturated carbocycles. The largest absolute Gasteiger partial charge is 0.497 e. The number of methoxy groups -OCH3 is 1. The van der Waals surface area contributed by atoms with Crippen LogP contribution in [0.2, 0.25) is 0 Å². The van der Waals surface area contributed by atoms with Crippen LogP contribution in [0.1, 0.15) is 12.8 Å². The van der Waals surface area contributed by atoms with Crippen LogP contribution in [-0.2, 0) is 0 Å². The lowest BCUT2D eigenvalue weighted by molar-refractivity contribution is 0.139. The summed E-state index contributed by atoms with van der Waals surface area (Å²) >= 11 is 0. The molecule has 0 aromatic heterocycles. The molecule has 0 unspecified atom stereocenters. The van der Waals surface area contributed by atoms with E-state index in [0.29, 0.717) is 12.6 Å². The molecule has 1 fully saturated rings. The third-order valence-electron chi connectivity index (χ3n) is 3.42. The fourth-order valence-corrected chi connectivity index (χ4v) is 2.35. The lowest BCUT2D eigenvalue weighted by atomic mass is 10.2. The van der Waals surface area contributed by atoms with Gasteiger partial charge >= 0.3 is 0 Å². The van der Waals surface area contributed by atoms with Crippen molar-refractivity contribution in [2.24, 2.45) is 0 Å². The minimum absolute atomic E-state index is 0.253. The fraction of sp³-hybridized carbons (Fsp3) is 0.571. The van der Waals surface area contributed by atoms with Crippen LogP contribution in [0.5, 0.6) is 11.5 Å². The molecule has 0 spiro atoms. The summed E-state index contributed by atoms with van der Waals surface area (Å²) in [7, 11) is 1.65. The zero-order valence-corrected chi connectivity index (χ0v) is 10.8. The van der Waals surface area contributed by atoms with E-state index in [1.165, 1.54) is 6.42 Å². The number of benzene rings is 1. The summed E-state index contributed by atoms with van der Waals surface area (Å²) in [4.78, 5) is 2.30. The Kier molecular flexibility index (Phi) is 4.84. The standard InChI is InChI=1S/C14H21NO3/c1-17-13-4-6-14(7-5-13)18-10-9-15-8-2-3-12(15)11-16/h4-7,12,16H,2-3,8-11H2,1H3/t12-/m1/s1. The summed E-state index contributed by atoms with van der Waals surface area (Å²) < 4.78 is 10.8. The highest BCUT2D eigenvalue weighted by Gasteiger charge is 2.22. The molecule has 2 rings (SSSR count). The Morgan fingerprint density at radius 1 is 1.28 bits per heavy atom. The third kappa shape index (κ3) is 3.37. The van der Waals surface area contributed by atoms with E-state index >= 15 is 0 Å². The van der Waals surface area contributed by atoms with Gasteiger partial charge in [0.15, 0.2) is 0 Å². The average Bonchev–Trinajstić information content (AvgIpc) is 2.87. The van der Waals surface area contributed by atoms with Gasteiger partial charge in [-0.25, -0.2) is 0 Å². The first-order valence-corrected chi connectivity index (χ1v) is 6.45. The van der Waals surface area contributed by atoms with Crippen LogP contribution in [0.15, 0.2) is 24.3 Å². The molecule has 1 aromatic rings. The lowest BCUT2D eigenvalue weighted by Gasteiger charge is -2.22. The Labute approximate surface area is 108 Å². The minimum Gasteiger partial charge on any atom is -0.497 e. The van der Waals surface area contributed by atoms with E-state index in [-0.39, 0.29) is 6.61 Å². The zero-order chi connectivity index (χ0) is 12.8. The zero-order valence-electron chi connectivity index (χ0n) is 10.8. The molecule has 1 aliphatic heterocycles. The molecule has 0 bridgehead atoms. The molecule has 0 aliphatic carbocycles. The summed E-state index contributed by atoms with van der Waals surface area (Å²) in [6, 6.07) is 7.92. The van der Waals surface area contributed by atoms with Gasteiger partial charge in [0, 0.05) is 12.6 Å². The quantitative estimate of drug-likeness (QED) is 0.832. The second-order valence-corrected chi connectivity index (χ2v) is 4.54. The van der Waals surface area contributed by atoms with Gasteiger partial charge in [0.1, 0.15) is 18.1 Å². The maximum absolute atomic E-state index is 9.21.